The molecule has 3 amide bonds. The summed E-state index contributed by atoms with van der Waals surface area (Å²) in [4.78, 5) is 40.8. The van der Waals surface area contributed by atoms with E-state index in [9.17, 15) is 14.4 Å². The van der Waals surface area contributed by atoms with Gasteiger partial charge in [-0.05, 0) is 36.2 Å². The molecular formula is C23H27N3O4. The molecule has 3 rings (SSSR count). The first-order chi connectivity index (χ1) is 14.6. The number of nitrogens with one attached hydrogen (secondary N) is 1. The van der Waals surface area contributed by atoms with E-state index < -0.39 is 0 Å². The molecule has 0 saturated carbocycles. The predicted octanol–water partition coefficient (Wildman–Crippen LogP) is 1.73. The van der Waals surface area contributed by atoms with Crippen LogP contribution in [0.5, 0.6) is 5.75 Å². The van der Waals surface area contributed by atoms with Gasteiger partial charge in [-0.15, -0.1) is 0 Å². The van der Waals surface area contributed by atoms with Crippen LogP contribution in [-0.4, -0.2) is 67.4 Å². The normalized spacial score (nSPS) is 14.0. The van der Waals surface area contributed by atoms with Crippen LogP contribution in [0.4, 0.5) is 0 Å². The molecule has 0 aliphatic carbocycles. The van der Waals surface area contributed by atoms with Crippen LogP contribution in [-0.2, 0) is 16.0 Å². The Bertz CT molecular complexity index is 868. The Labute approximate surface area is 176 Å². The monoisotopic (exact) mass is 409 g/mol. The summed E-state index contributed by atoms with van der Waals surface area (Å²) in [6.45, 7) is 2.11. The van der Waals surface area contributed by atoms with Crippen molar-refractivity contribution >= 4 is 17.7 Å². The van der Waals surface area contributed by atoms with Gasteiger partial charge >= 0.3 is 0 Å². The summed E-state index contributed by atoms with van der Waals surface area (Å²) in [6, 6.07) is 16.3. The number of nitrogens with zero attached hydrogens (tertiary/aromatic N) is 2. The molecule has 0 atom stereocenters. The average molecular weight is 409 g/mol. The quantitative estimate of drug-likeness (QED) is 0.788. The van der Waals surface area contributed by atoms with E-state index in [1.54, 1.807) is 41.2 Å². The summed E-state index contributed by atoms with van der Waals surface area (Å²) >= 11 is 0. The van der Waals surface area contributed by atoms with Gasteiger partial charge in [0.2, 0.25) is 11.8 Å². The first-order valence-electron chi connectivity index (χ1n) is 10.1. The van der Waals surface area contributed by atoms with Gasteiger partial charge < -0.3 is 19.9 Å². The molecular weight excluding hydrogens is 382 g/mol. The maximum atomic E-state index is 12.7. The standard InChI is InChI=1S/C23H27N3O4/c1-30-20-10-8-18(9-11-20)16-21(27)25-12-5-13-26(15-14-25)22(28)17-24-23(29)19-6-3-2-4-7-19/h2-4,6-11H,5,12-17H2,1H3,(H,24,29). The molecule has 0 unspecified atom stereocenters. The van der Waals surface area contributed by atoms with Crippen molar-refractivity contribution in [1.29, 1.82) is 0 Å². The lowest BCUT2D eigenvalue weighted by atomic mass is 10.1. The van der Waals surface area contributed by atoms with Crippen LogP contribution in [0.3, 0.4) is 0 Å². The number of carbonyl (C=O) groups is 3. The minimum Gasteiger partial charge on any atom is -0.497 e. The van der Waals surface area contributed by atoms with Crippen molar-refractivity contribution in [1.82, 2.24) is 15.1 Å². The SMILES string of the molecule is COc1ccc(CC(=O)N2CCCN(C(=O)CNC(=O)c3ccccc3)CC2)cc1. The number of benzene rings is 2. The summed E-state index contributed by atoms with van der Waals surface area (Å²) in [6.07, 6.45) is 1.04. The van der Waals surface area contributed by atoms with Crippen LogP contribution in [0.15, 0.2) is 54.6 Å². The molecule has 2 aromatic carbocycles. The van der Waals surface area contributed by atoms with Gasteiger partial charge in [-0.1, -0.05) is 30.3 Å². The minimum atomic E-state index is -0.268. The second-order valence-electron chi connectivity index (χ2n) is 7.19. The van der Waals surface area contributed by atoms with E-state index in [1.807, 2.05) is 30.3 Å². The Morgan fingerprint density at radius 2 is 1.50 bits per heavy atom. The highest BCUT2D eigenvalue weighted by Gasteiger charge is 2.22. The summed E-state index contributed by atoms with van der Waals surface area (Å²) in [5, 5.41) is 2.67. The number of ether oxygens (including phenoxy) is 1. The van der Waals surface area contributed by atoms with Gasteiger partial charge in [0.1, 0.15) is 5.75 Å². The molecule has 7 nitrogen and oxygen atoms in total. The third-order valence-corrected chi connectivity index (χ3v) is 5.15. The molecule has 158 valence electrons. The summed E-state index contributed by atoms with van der Waals surface area (Å²) in [7, 11) is 1.61. The topological polar surface area (TPSA) is 79.0 Å². The van der Waals surface area contributed by atoms with Gasteiger partial charge in [0.15, 0.2) is 0 Å². The maximum absolute atomic E-state index is 12.7. The Morgan fingerprint density at radius 3 is 2.13 bits per heavy atom. The van der Waals surface area contributed by atoms with Gasteiger partial charge in [0.05, 0.1) is 20.1 Å². The van der Waals surface area contributed by atoms with Crippen molar-refractivity contribution in [2.75, 3.05) is 39.8 Å². The van der Waals surface area contributed by atoms with Crippen molar-refractivity contribution in [3.8, 4) is 5.75 Å². The van der Waals surface area contributed by atoms with Crippen molar-refractivity contribution in [3.63, 3.8) is 0 Å². The van der Waals surface area contributed by atoms with E-state index in [-0.39, 0.29) is 24.3 Å². The van der Waals surface area contributed by atoms with E-state index in [0.29, 0.717) is 44.6 Å². The minimum absolute atomic E-state index is 0.0480. The van der Waals surface area contributed by atoms with Crippen LogP contribution in [0.25, 0.3) is 0 Å². The van der Waals surface area contributed by atoms with Crippen molar-refractivity contribution in [2.45, 2.75) is 12.8 Å². The molecule has 7 heteroatoms. The van der Waals surface area contributed by atoms with Gasteiger partial charge in [0.25, 0.3) is 5.91 Å². The molecule has 1 fully saturated rings. The molecule has 0 aromatic heterocycles. The highest BCUT2D eigenvalue weighted by Crippen LogP contribution is 2.13. The fourth-order valence-electron chi connectivity index (χ4n) is 3.41. The van der Waals surface area contributed by atoms with Gasteiger partial charge in [-0.25, -0.2) is 0 Å². The van der Waals surface area contributed by atoms with Gasteiger partial charge in [-0.3, -0.25) is 14.4 Å². The number of carbonyl (C=O) groups excluding carboxylic acids is 3. The number of hydrogen-bond donors (Lipinski definition) is 1. The van der Waals surface area contributed by atoms with Crippen LogP contribution in [0.1, 0.15) is 22.3 Å². The Morgan fingerprint density at radius 1 is 0.867 bits per heavy atom. The third kappa shape index (κ3) is 5.83. The van der Waals surface area contributed by atoms with Gasteiger partial charge in [-0.2, -0.15) is 0 Å². The molecule has 30 heavy (non-hydrogen) atoms. The molecule has 1 N–H and O–H groups in total. The fourth-order valence-corrected chi connectivity index (χ4v) is 3.41. The van der Waals surface area contributed by atoms with Crippen molar-refractivity contribution in [3.05, 3.63) is 65.7 Å². The average Bonchev–Trinajstić information content (AvgIpc) is 3.05. The van der Waals surface area contributed by atoms with Crippen LogP contribution >= 0.6 is 0 Å². The van der Waals surface area contributed by atoms with Gasteiger partial charge in [0, 0.05) is 31.7 Å². The van der Waals surface area contributed by atoms with Crippen molar-refractivity contribution < 1.29 is 19.1 Å². The summed E-state index contributed by atoms with van der Waals surface area (Å²) in [5.74, 6) is 0.403. The molecule has 0 spiro atoms. The highest BCUT2D eigenvalue weighted by atomic mass is 16.5. The van der Waals surface area contributed by atoms with Crippen LogP contribution < -0.4 is 10.1 Å². The summed E-state index contributed by atoms with van der Waals surface area (Å²) in [5.41, 5.74) is 1.46. The molecule has 2 aromatic rings. The zero-order chi connectivity index (χ0) is 21.3. The fraction of sp³-hybridized carbons (Fsp3) is 0.348. The Kier molecular flexibility index (Phi) is 7.43. The second kappa shape index (κ2) is 10.4. The van der Waals surface area contributed by atoms with E-state index in [4.69, 9.17) is 4.74 Å². The van der Waals surface area contributed by atoms with E-state index >= 15 is 0 Å². The lowest BCUT2D eigenvalue weighted by Crippen LogP contribution is -2.42. The van der Waals surface area contributed by atoms with Crippen LogP contribution in [0, 0.1) is 0 Å². The maximum Gasteiger partial charge on any atom is 0.251 e. The molecule has 1 heterocycles. The van der Waals surface area contributed by atoms with Crippen molar-refractivity contribution in [2.24, 2.45) is 0 Å². The lowest BCUT2D eigenvalue weighted by molar-refractivity contribution is -0.132. The van der Waals surface area contributed by atoms with E-state index in [2.05, 4.69) is 5.32 Å². The molecule has 1 saturated heterocycles. The molecule has 0 bridgehead atoms. The molecule has 0 radical (unpaired) electrons. The van der Waals surface area contributed by atoms with Crippen LogP contribution in [0.2, 0.25) is 0 Å². The highest BCUT2D eigenvalue weighted by molar-refractivity contribution is 5.96. The number of amides is 3. The zero-order valence-corrected chi connectivity index (χ0v) is 17.2. The second-order valence-corrected chi connectivity index (χ2v) is 7.19. The first kappa shape index (κ1) is 21.4. The number of hydrogen-bond acceptors (Lipinski definition) is 4. The van der Waals surface area contributed by atoms with E-state index in [1.165, 1.54) is 0 Å². The third-order valence-electron chi connectivity index (χ3n) is 5.15. The predicted molar refractivity (Wildman–Crippen MR) is 113 cm³/mol. The first-order valence-corrected chi connectivity index (χ1v) is 10.1. The smallest absolute Gasteiger partial charge is 0.251 e. The molecule has 1 aliphatic heterocycles. The lowest BCUT2D eigenvalue weighted by Gasteiger charge is -2.22. The number of methoxy groups -OCH3 is 1. The largest absolute Gasteiger partial charge is 0.497 e. The zero-order valence-electron chi connectivity index (χ0n) is 17.2. The molecule has 1 aliphatic rings. The Balaban J connectivity index is 1.47. The summed E-state index contributed by atoms with van der Waals surface area (Å²) < 4.78 is 5.14. The van der Waals surface area contributed by atoms with E-state index in [0.717, 1.165) is 11.3 Å². The Hall–Kier alpha value is -3.35. The number of rotatable bonds is 6.